The number of carbonyl (C=O) groups is 1. The lowest BCUT2D eigenvalue weighted by atomic mass is 10.2. The van der Waals surface area contributed by atoms with Crippen molar-refractivity contribution >= 4 is 15.8 Å². The van der Waals surface area contributed by atoms with Gasteiger partial charge in [0.15, 0.2) is 9.84 Å². The van der Waals surface area contributed by atoms with Crippen LogP contribution in [0.1, 0.15) is 12.5 Å². The maximum absolute atomic E-state index is 11.6. The predicted octanol–water partition coefficient (Wildman–Crippen LogP) is 0.717. The molecule has 16 heavy (non-hydrogen) atoms. The van der Waals surface area contributed by atoms with Crippen LogP contribution in [0, 0.1) is 5.92 Å². The smallest absolute Gasteiger partial charge is 0.307 e. The molecule has 1 aromatic heterocycles. The van der Waals surface area contributed by atoms with E-state index < -0.39 is 21.7 Å². The number of sulfone groups is 1. The Balaban J connectivity index is 2.70. The summed E-state index contributed by atoms with van der Waals surface area (Å²) in [5.41, 5.74) is 0.618. The van der Waals surface area contributed by atoms with Crippen LogP contribution in [0.25, 0.3) is 0 Å². The zero-order valence-corrected chi connectivity index (χ0v) is 9.64. The van der Waals surface area contributed by atoms with E-state index in [0.717, 1.165) is 0 Å². The second kappa shape index (κ2) is 5.07. The topological polar surface area (TPSA) is 84.3 Å². The van der Waals surface area contributed by atoms with Crippen LogP contribution in [0.4, 0.5) is 0 Å². The van der Waals surface area contributed by atoms with Crippen molar-refractivity contribution < 1.29 is 18.3 Å². The van der Waals surface area contributed by atoms with Gasteiger partial charge in [-0.05, 0) is 17.7 Å². The minimum absolute atomic E-state index is 0.146. The van der Waals surface area contributed by atoms with Gasteiger partial charge in [-0.1, -0.05) is 6.92 Å². The van der Waals surface area contributed by atoms with Crippen molar-refractivity contribution in [2.24, 2.45) is 5.92 Å². The number of hydrogen-bond acceptors (Lipinski definition) is 4. The molecule has 5 nitrogen and oxygen atoms in total. The summed E-state index contributed by atoms with van der Waals surface area (Å²) in [7, 11) is -3.39. The molecule has 6 heteroatoms. The number of aliphatic carboxylic acids is 1. The molecule has 0 fully saturated rings. The second-order valence-electron chi connectivity index (χ2n) is 3.65. The van der Waals surface area contributed by atoms with E-state index in [1.807, 2.05) is 0 Å². The number of nitrogens with zero attached hydrogens (tertiary/aromatic N) is 1. The standard InChI is InChI=1S/C10H13NO4S/c1-8(10(12)13)6-16(14,15)7-9-2-4-11-5-3-9/h2-5,8H,6-7H2,1H3,(H,12,13). The second-order valence-corrected chi connectivity index (χ2v) is 5.76. The van der Waals surface area contributed by atoms with Crippen LogP contribution in [0.3, 0.4) is 0 Å². The van der Waals surface area contributed by atoms with E-state index in [1.165, 1.54) is 19.3 Å². The molecular formula is C10H13NO4S. The third-order valence-corrected chi connectivity index (χ3v) is 3.84. The van der Waals surface area contributed by atoms with Gasteiger partial charge in [-0.3, -0.25) is 9.78 Å². The molecular weight excluding hydrogens is 230 g/mol. The van der Waals surface area contributed by atoms with Crippen molar-refractivity contribution in [3.63, 3.8) is 0 Å². The highest BCUT2D eigenvalue weighted by Gasteiger charge is 2.21. The van der Waals surface area contributed by atoms with E-state index in [4.69, 9.17) is 5.11 Å². The van der Waals surface area contributed by atoms with Crippen LogP contribution in [0.2, 0.25) is 0 Å². The predicted molar refractivity (Wildman–Crippen MR) is 58.5 cm³/mol. The van der Waals surface area contributed by atoms with E-state index in [1.54, 1.807) is 12.1 Å². The van der Waals surface area contributed by atoms with Crippen molar-refractivity contribution in [2.75, 3.05) is 5.75 Å². The van der Waals surface area contributed by atoms with Crippen molar-refractivity contribution in [2.45, 2.75) is 12.7 Å². The molecule has 0 aliphatic rings. The molecule has 0 radical (unpaired) electrons. The summed E-state index contributed by atoms with van der Waals surface area (Å²) < 4.78 is 23.3. The maximum Gasteiger partial charge on any atom is 0.307 e. The average Bonchev–Trinajstić information content (AvgIpc) is 2.17. The molecule has 0 aliphatic carbocycles. The van der Waals surface area contributed by atoms with Gasteiger partial charge in [-0.25, -0.2) is 8.42 Å². The van der Waals surface area contributed by atoms with Crippen LogP contribution < -0.4 is 0 Å². The summed E-state index contributed by atoms with van der Waals surface area (Å²) in [6, 6.07) is 3.20. The molecule has 1 heterocycles. The molecule has 0 spiro atoms. The van der Waals surface area contributed by atoms with Crippen LogP contribution in [0.15, 0.2) is 24.5 Å². The van der Waals surface area contributed by atoms with Gasteiger partial charge in [0, 0.05) is 12.4 Å². The van der Waals surface area contributed by atoms with Gasteiger partial charge < -0.3 is 5.11 Å². The highest BCUT2D eigenvalue weighted by molar-refractivity contribution is 7.90. The molecule has 0 saturated carbocycles. The normalized spacial score (nSPS) is 13.3. The summed E-state index contributed by atoms with van der Waals surface area (Å²) in [5, 5.41) is 8.64. The molecule has 88 valence electrons. The monoisotopic (exact) mass is 243 g/mol. The zero-order chi connectivity index (χ0) is 12.2. The van der Waals surface area contributed by atoms with E-state index in [-0.39, 0.29) is 11.5 Å². The highest BCUT2D eigenvalue weighted by Crippen LogP contribution is 2.09. The van der Waals surface area contributed by atoms with Crippen molar-refractivity contribution in [1.82, 2.24) is 4.98 Å². The third kappa shape index (κ3) is 3.98. The molecule has 0 bridgehead atoms. The van der Waals surface area contributed by atoms with E-state index in [2.05, 4.69) is 4.98 Å². The van der Waals surface area contributed by atoms with Gasteiger partial charge >= 0.3 is 5.97 Å². The lowest BCUT2D eigenvalue weighted by Gasteiger charge is -2.07. The molecule has 0 saturated heterocycles. The van der Waals surface area contributed by atoms with E-state index >= 15 is 0 Å². The fourth-order valence-corrected chi connectivity index (χ4v) is 2.97. The highest BCUT2D eigenvalue weighted by atomic mass is 32.2. The number of carboxylic acid groups (broad SMARTS) is 1. The van der Waals surface area contributed by atoms with Gasteiger partial charge in [0.1, 0.15) is 0 Å². The first kappa shape index (κ1) is 12.6. The minimum atomic E-state index is -3.39. The Hall–Kier alpha value is -1.43. The van der Waals surface area contributed by atoms with Gasteiger partial charge in [-0.2, -0.15) is 0 Å². The van der Waals surface area contributed by atoms with Gasteiger partial charge in [0.2, 0.25) is 0 Å². The van der Waals surface area contributed by atoms with Crippen molar-refractivity contribution in [3.05, 3.63) is 30.1 Å². The van der Waals surface area contributed by atoms with Crippen LogP contribution in [0.5, 0.6) is 0 Å². The average molecular weight is 243 g/mol. The van der Waals surface area contributed by atoms with Gasteiger partial charge in [0.25, 0.3) is 0 Å². The molecule has 1 aromatic rings. The third-order valence-electron chi connectivity index (χ3n) is 2.06. The summed E-state index contributed by atoms with van der Waals surface area (Å²) in [4.78, 5) is 14.3. The zero-order valence-electron chi connectivity index (χ0n) is 8.83. The lowest BCUT2D eigenvalue weighted by Crippen LogP contribution is -2.22. The van der Waals surface area contributed by atoms with Gasteiger partial charge in [-0.15, -0.1) is 0 Å². The summed E-state index contributed by atoms with van der Waals surface area (Å²) >= 11 is 0. The Labute approximate surface area is 94.1 Å². The first-order valence-electron chi connectivity index (χ1n) is 4.73. The van der Waals surface area contributed by atoms with Gasteiger partial charge in [0.05, 0.1) is 17.4 Å². The number of carboxylic acids is 1. The summed E-state index contributed by atoms with van der Waals surface area (Å²) in [5.74, 6) is -2.47. The maximum atomic E-state index is 11.6. The first-order valence-corrected chi connectivity index (χ1v) is 6.55. The minimum Gasteiger partial charge on any atom is -0.481 e. The molecule has 0 aromatic carbocycles. The molecule has 0 aliphatic heterocycles. The molecule has 1 unspecified atom stereocenters. The number of pyridine rings is 1. The lowest BCUT2D eigenvalue weighted by molar-refractivity contribution is -0.140. The van der Waals surface area contributed by atoms with Crippen LogP contribution >= 0.6 is 0 Å². The molecule has 0 amide bonds. The quantitative estimate of drug-likeness (QED) is 0.823. The number of rotatable bonds is 5. The Morgan fingerprint density at radius 2 is 2.00 bits per heavy atom. The Morgan fingerprint density at radius 3 is 2.50 bits per heavy atom. The molecule has 1 atom stereocenters. The summed E-state index contributed by atoms with van der Waals surface area (Å²) in [6.07, 6.45) is 3.01. The van der Waals surface area contributed by atoms with Crippen molar-refractivity contribution in [1.29, 1.82) is 0 Å². The first-order chi connectivity index (χ1) is 7.41. The molecule has 1 N–H and O–H groups in total. The van der Waals surface area contributed by atoms with Crippen LogP contribution in [-0.2, 0) is 20.4 Å². The van der Waals surface area contributed by atoms with E-state index in [9.17, 15) is 13.2 Å². The number of hydrogen-bond donors (Lipinski definition) is 1. The summed E-state index contributed by atoms with van der Waals surface area (Å²) in [6.45, 7) is 1.38. The molecule has 1 rings (SSSR count). The fourth-order valence-electron chi connectivity index (χ4n) is 1.24. The SMILES string of the molecule is CC(CS(=O)(=O)Cc1ccncc1)C(=O)O. The number of aromatic nitrogens is 1. The van der Waals surface area contributed by atoms with Crippen molar-refractivity contribution in [3.8, 4) is 0 Å². The Morgan fingerprint density at radius 1 is 1.44 bits per heavy atom. The van der Waals surface area contributed by atoms with Crippen LogP contribution in [-0.4, -0.2) is 30.2 Å². The Bertz CT molecular complexity index is 455. The fraction of sp³-hybridized carbons (Fsp3) is 0.400. The van der Waals surface area contributed by atoms with E-state index in [0.29, 0.717) is 5.56 Å². The Kier molecular flexibility index (Phi) is 4.00. The largest absolute Gasteiger partial charge is 0.481 e.